The molecular formula is C21H28N4O5. The Morgan fingerprint density at radius 2 is 1.80 bits per heavy atom. The lowest BCUT2D eigenvalue weighted by Crippen LogP contribution is -2.32. The number of nitrogens with zero attached hydrogens (tertiary/aromatic N) is 3. The SMILES string of the molecule is COc1cc(CN2CCC(c3noc(C4CCC(=O)N4)n3)CC2)cc(OC)c1OC. The van der Waals surface area contributed by atoms with Crippen molar-refractivity contribution < 1.29 is 23.5 Å². The van der Waals surface area contributed by atoms with Crippen molar-refractivity contribution in [2.45, 2.75) is 44.2 Å². The first-order chi connectivity index (χ1) is 14.6. The highest BCUT2D eigenvalue weighted by atomic mass is 16.5. The van der Waals surface area contributed by atoms with E-state index < -0.39 is 0 Å². The first-order valence-corrected chi connectivity index (χ1v) is 10.3. The number of piperidine rings is 1. The Hall–Kier alpha value is -2.81. The molecule has 0 bridgehead atoms. The number of carbonyl (C=O) groups excluding carboxylic acids is 1. The van der Waals surface area contributed by atoms with E-state index in [0.717, 1.165) is 43.9 Å². The summed E-state index contributed by atoms with van der Waals surface area (Å²) in [5.74, 6) is 3.53. The van der Waals surface area contributed by atoms with Gasteiger partial charge >= 0.3 is 0 Å². The molecule has 1 aromatic carbocycles. The van der Waals surface area contributed by atoms with Gasteiger partial charge in [-0.3, -0.25) is 9.69 Å². The molecule has 9 heteroatoms. The summed E-state index contributed by atoms with van der Waals surface area (Å²) >= 11 is 0. The first-order valence-electron chi connectivity index (χ1n) is 10.3. The molecule has 2 fully saturated rings. The number of hydrogen-bond donors (Lipinski definition) is 1. The zero-order valence-corrected chi connectivity index (χ0v) is 17.6. The fourth-order valence-electron chi connectivity index (χ4n) is 4.19. The van der Waals surface area contributed by atoms with E-state index in [1.54, 1.807) is 21.3 Å². The molecule has 2 saturated heterocycles. The fraction of sp³-hybridized carbons (Fsp3) is 0.571. The van der Waals surface area contributed by atoms with Crippen LogP contribution in [0.15, 0.2) is 16.7 Å². The maximum atomic E-state index is 11.4. The van der Waals surface area contributed by atoms with E-state index in [2.05, 4.69) is 20.4 Å². The van der Waals surface area contributed by atoms with Gasteiger partial charge in [0.1, 0.15) is 6.04 Å². The number of methoxy groups -OCH3 is 3. The van der Waals surface area contributed by atoms with Crippen molar-refractivity contribution in [3.05, 3.63) is 29.4 Å². The van der Waals surface area contributed by atoms with Crippen molar-refractivity contribution in [2.75, 3.05) is 34.4 Å². The van der Waals surface area contributed by atoms with E-state index in [1.165, 1.54) is 0 Å². The van der Waals surface area contributed by atoms with Crippen LogP contribution in [0, 0.1) is 0 Å². The van der Waals surface area contributed by atoms with Gasteiger partial charge in [0.25, 0.3) is 0 Å². The number of aromatic nitrogens is 2. The van der Waals surface area contributed by atoms with Crippen molar-refractivity contribution in [3.63, 3.8) is 0 Å². The molecule has 2 aliphatic rings. The van der Waals surface area contributed by atoms with Crippen molar-refractivity contribution >= 4 is 5.91 Å². The average molecular weight is 416 g/mol. The summed E-state index contributed by atoms with van der Waals surface area (Å²) in [6.45, 7) is 2.67. The standard InChI is InChI=1S/C21H28N4O5/c1-27-16-10-13(11-17(28-2)19(16)29-3)12-25-8-6-14(7-9-25)20-23-21(30-24-20)15-4-5-18(26)22-15/h10-11,14-15H,4-9,12H2,1-3H3,(H,22,26). The van der Waals surface area contributed by atoms with Crippen molar-refractivity contribution in [1.82, 2.24) is 20.4 Å². The molecule has 4 rings (SSSR count). The summed E-state index contributed by atoms with van der Waals surface area (Å²) in [6, 6.07) is 3.85. The lowest BCUT2D eigenvalue weighted by Gasteiger charge is -2.30. The predicted octanol–water partition coefficient (Wildman–Crippen LogP) is 2.43. The van der Waals surface area contributed by atoms with Crippen molar-refractivity contribution in [1.29, 1.82) is 0 Å². The van der Waals surface area contributed by atoms with E-state index in [0.29, 0.717) is 36.0 Å². The van der Waals surface area contributed by atoms with E-state index in [1.807, 2.05) is 12.1 Å². The molecule has 1 N–H and O–H groups in total. The van der Waals surface area contributed by atoms with Crippen LogP contribution in [-0.2, 0) is 11.3 Å². The molecule has 9 nitrogen and oxygen atoms in total. The Bertz CT molecular complexity index is 866. The second kappa shape index (κ2) is 8.91. The number of ether oxygens (including phenoxy) is 3. The van der Waals surface area contributed by atoms with Crippen LogP contribution in [0.1, 0.15) is 54.9 Å². The zero-order chi connectivity index (χ0) is 21.1. The Kier molecular flexibility index (Phi) is 6.08. The molecular weight excluding hydrogens is 388 g/mol. The van der Waals surface area contributed by atoms with E-state index >= 15 is 0 Å². The number of nitrogens with one attached hydrogen (secondary N) is 1. The summed E-state index contributed by atoms with van der Waals surface area (Å²) in [6.07, 6.45) is 3.15. The van der Waals surface area contributed by atoms with Crippen molar-refractivity contribution in [2.24, 2.45) is 0 Å². The topological polar surface area (TPSA) is 99.0 Å². The minimum atomic E-state index is -0.140. The molecule has 3 heterocycles. The van der Waals surface area contributed by atoms with Gasteiger partial charge in [0, 0.05) is 18.9 Å². The Morgan fingerprint density at radius 3 is 2.37 bits per heavy atom. The predicted molar refractivity (Wildman–Crippen MR) is 108 cm³/mol. The van der Waals surface area contributed by atoms with E-state index in [-0.39, 0.29) is 17.9 Å². The molecule has 1 unspecified atom stereocenters. The third-order valence-corrected chi connectivity index (χ3v) is 5.83. The van der Waals surface area contributed by atoms with Crippen molar-refractivity contribution in [3.8, 4) is 17.2 Å². The van der Waals surface area contributed by atoms with Gasteiger partial charge in [-0.1, -0.05) is 5.16 Å². The van der Waals surface area contributed by atoms with E-state index in [4.69, 9.17) is 18.7 Å². The highest BCUT2D eigenvalue weighted by molar-refractivity contribution is 5.78. The largest absolute Gasteiger partial charge is 0.493 e. The Balaban J connectivity index is 1.36. The summed E-state index contributed by atoms with van der Waals surface area (Å²) in [7, 11) is 4.86. The molecule has 162 valence electrons. The molecule has 1 aromatic heterocycles. The van der Waals surface area contributed by atoms with Crippen LogP contribution in [0.3, 0.4) is 0 Å². The van der Waals surface area contributed by atoms with Crippen LogP contribution >= 0.6 is 0 Å². The molecule has 0 saturated carbocycles. The Morgan fingerprint density at radius 1 is 1.10 bits per heavy atom. The van der Waals surface area contributed by atoms with Gasteiger partial charge in [-0.15, -0.1) is 0 Å². The fourth-order valence-corrected chi connectivity index (χ4v) is 4.19. The van der Waals surface area contributed by atoms with Crippen LogP contribution in [0.4, 0.5) is 0 Å². The summed E-state index contributed by atoms with van der Waals surface area (Å²) in [5.41, 5.74) is 1.11. The minimum absolute atomic E-state index is 0.0415. The average Bonchev–Trinajstić information content (AvgIpc) is 3.42. The van der Waals surface area contributed by atoms with Crippen LogP contribution in [0.5, 0.6) is 17.2 Å². The van der Waals surface area contributed by atoms with Gasteiger partial charge < -0.3 is 24.1 Å². The summed E-state index contributed by atoms with van der Waals surface area (Å²) < 4.78 is 21.7. The van der Waals surface area contributed by atoms with Crippen LogP contribution in [0.25, 0.3) is 0 Å². The summed E-state index contributed by atoms with van der Waals surface area (Å²) in [4.78, 5) is 18.4. The van der Waals surface area contributed by atoms with Crippen LogP contribution in [-0.4, -0.2) is 55.4 Å². The second-order valence-electron chi connectivity index (χ2n) is 7.73. The van der Waals surface area contributed by atoms with Gasteiger partial charge in [0.2, 0.25) is 17.5 Å². The molecule has 0 aliphatic carbocycles. The monoisotopic (exact) mass is 416 g/mol. The normalized spacial score (nSPS) is 20.2. The molecule has 1 atom stereocenters. The number of likely N-dealkylation sites (tertiary alicyclic amines) is 1. The summed E-state index contributed by atoms with van der Waals surface area (Å²) in [5, 5.41) is 7.05. The van der Waals surface area contributed by atoms with Gasteiger partial charge in [-0.05, 0) is 50.0 Å². The smallest absolute Gasteiger partial charge is 0.249 e. The first kappa shape index (κ1) is 20.5. The quantitative estimate of drug-likeness (QED) is 0.735. The van der Waals surface area contributed by atoms with Gasteiger partial charge in [0.15, 0.2) is 17.3 Å². The third-order valence-electron chi connectivity index (χ3n) is 5.83. The van der Waals surface area contributed by atoms with Gasteiger partial charge in [-0.25, -0.2) is 0 Å². The van der Waals surface area contributed by atoms with Gasteiger partial charge in [-0.2, -0.15) is 4.98 Å². The van der Waals surface area contributed by atoms with Gasteiger partial charge in [0.05, 0.1) is 21.3 Å². The highest BCUT2D eigenvalue weighted by Crippen LogP contribution is 2.39. The lowest BCUT2D eigenvalue weighted by molar-refractivity contribution is -0.119. The number of hydrogen-bond acceptors (Lipinski definition) is 8. The molecule has 0 radical (unpaired) electrons. The minimum Gasteiger partial charge on any atom is -0.493 e. The third kappa shape index (κ3) is 4.21. The Labute approximate surface area is 175 Å². The number of rotatable bonds is 7. The zero-order valence-electron chi connectivity index (χ0n) is 17.6. The maximum absolute atomic E-state index is 11.4. The highest BCUT2D eigenvalue weighted by Gasteiger charge is 2.30. The number of carbonyl (C=O) groups is 1. The van der Waals surface area contributed by atoms with E-state index in [9.17, 15) is 4.79 Å². The van der Waals surface area contributed by atoms with Crippen LogP contribution < -0.4 is 19.5 Å². The number of amides is 1. The molecule has 0 spiro atoms. The second-order valence-corrected chi connectivity index (χ2v) is 7.73. The molecule has 30 heavy (non-hydrogen) atoms. The lowest BCUT2D eigenvalue weighted by atomic mass is 9.95. The molecule has 2 aliphatic heterocycles. The molecule has 1 amide bonds. The maximum Gasteiger partial charge on any atom is 0.249 e. The van der Waals surface area contributed by atoms with Crippen LogP contribution in [0.2, 0.25) is 0 Å². The number of benzene rings is 1. The molecule has 2 aromatic rings.